The number of nitrogens with zero attached hydrogens (tertiary/aromatic N) is 2. The lowest BCUT2D eigenvalue weighted by Crippen LogP contribution is -2.33. The number of amides is 2. The average Bonchev–Trinajstić information content (AvgIpc) is 2.92. The topological polar surface area (TPSA) is 74.3 Å². The van der Waals surface area contributed by atoms with E-state index in [1.54, 1.807) is 24.5 Å². The quantitative estimate of drug-likeness (QED) is 0.404. The molecular weight excluding hydrogens is 448 g/mol. The van der Waals surface area contributed by atoms with Crippen LogP contribution in [0.1, 0.15) is 43.0 Å². The maximum absolute atomic E-state index is 13.4. The van der Waals surface area contributed by atoms with Crippen molar-refractivity contribution in [2.24, 2.45) is 0 Å². The smallest absolute Gasteiger partial charge is 0.255 e. The van der Waals surface area contributed by atoms with Gasteiger partial charge in [-0.25, -0.2) is 0 Å². The summed E-state index contributed by atoms with van der Waals surface area (Å²) in [6, 6.07) is 25.2. The van der Waals surface area contributed by atoms with Crippen molar-refractivity contribution in [1.82, 2.24) is 10.3 Å². The molecule has 0 bridgehead atoms. The Morgan fingerprint density at radius 2 is 1.69 bits per heavy atom. The van der Waals surface area contributed by atoms with Crippen molar-refractivity contribution in [1.29, 1.82) is 0 Å². The van der Waals surface area contributed by atoms with Crippen LogP contribution >= 0.6 is 0 Å². The Kier molecular flexibility index (Phi) is 6.76. The van der Waals surface area contributed by atoms with Gasteiger partial charge >= 0.3 is 0 Å². The van der Waals surface area contributed by atoms with Gasteiger partial charge in [-0.15, -0.1) is 0 Å². The van der Waals surface area contributed by atoms with Crippen LogP contribution in [0, 0.1) is 6.92 Å². The Morgan fingerprint density at radius 3 is 2.50 bits per heavy atom. The monoisotopic (exact) mass is 476 g/mol. The maximum Gasteiger partial charge on any atom is 0.255 e. The van der Waals surface area contributed by atoms with E-state index in [1.807, 2.05) is 55.5 Å². The molecule has 0 saturated carbocycles. The molecule has 0 spiro atoms. The zero-order valence-electron chi connectivity index (χ0n) is 20.2. The second-order valence-corrected chi connectivity index (χ2v) is 8.99. The first kappa shape index (κ1) is 23.3. The summed E-state index contributed by atoms with van der Waals surface area (Å²) in [5.74, 6) is -0.394. The molecule has 1 aliphatic heterocycles. The summed E-state index contributed by atoms with van der Waals surface area (Å²) in [6.45, 7) is 3.82. The van der Waals surface area contributed by atoms with Gasteiger partial charge < -0.3 is 15.5 Å². The van der Waals surface area contributed by atoms with E-state index >= 15 is 0 Å². The highest BCUT2D eigenvalue weighted by molar-refractivity contribution is 6.07. The van der Waals surface area contributed by atoms with Crippen molar-refractivity contribution in [2.45, 2.75) is 26.4 Å². The fourth-order valence-corrected chi connectivity index (χ4v) is 4.58. The minimum atomic E-state index is -0.200. The molecule has 0 unspecified atom stereocenters. The second kappa shape index (κ2) is 10.4. The summed E-state index contributed by atoms with van der Waals surface area (Å²) in [4.78, 5) is 32.7. The summed E-state index contributed by atoms with van der Waals surface area (Å²) in [5.41, 5.74) is 6.99. The van der Waals surface area contributed by atoms with E-state index in [0.717, 1.165) is 36.3 Å². The van der Waals surface area contributed by atoms with Crippen LogP contribution in [0.15, 0.2) is 91.3 Å². The van der Waals surface area contributed by atoms with Crippen molar-refractivity contribution in [3.8, 4) is 0 Å². The van der Waals surface area contributed by atoms with Crippen LogP contribution in [0.2, 0.25) is 0 Å². The lowest BCUT2D eigenvalue weighted by atomic mass is 9.98. The molecule has 0 atom stereocenters. The first-order chi connectivity index (χ1) is 17.6. The SMILES string of the molecule is Cc1ccccc1C(=O)Nc1ccc(N2CCc3ccccc3C2)c(C(=O)NCc2cccnc2)c1. The molecule has 0 saturated heterocycles. The third kappa shape index (κ3) is 5.13. The largest absolute Gasteiger partial charge is 0.366 e. The van der Waals surface area contributed by atoms with Crippen LogP contribution in [0.4, 0.5) is 11.4 Å². The Bertz CT molecular complexity index is 1400. The van der Waals surface area contributed by atoms with Crippen LogP contribution in [0.25, 0.3) is 0 Å². The predicted octanol–water partition coefficient (Wildman–Crippen LogP) is 5.14. The summed E-state index contributed by atoms with van der Waals surface area (Å²) in [6.07, 6.45) is 4.36. The summed E-state index contributed by atoms with van der Waals surface area (Å²) in [5, 5.41) is 5.98. The van der Waals surface area contributed by atoms with Crippen LogP contribution in [-0.2, 0) is 19.5 Å². The van der Waals surface area contributed by atoms with E-state index in [9.17, 15) is 9.59 Å². The van der Waals surface area contributed by atoms with Crippen molar-refractivity contribution in [3.63, 3.8) is 0 Å². The van der Waals surface area contributed by atoms with Crippen LogP contribution < -0.4 is 15.5 Å². The number of carbonyl (C=O) groups is 2. The molecule has 0 aliphatic carbocycles. The van der Waals surface area contributed by atoms with Crippen molar-refractivity contribution >= 4 is 23.2 Å². The highest BCUT2D eigenvalue weighted by Crippen LogP contribution is 2.30. The average molecular weight is 477 g/mol. The Labute approximate surface area is 211 Å². The number of fused-ring (bicyclic) bond motifs is 1. The van der Waals surface area contributed by atoms with Gasteiger partial charge in [0.1, 0.15) is 0 Å². The van der Waals surface area contributed by atoms with Gasteiger partial charge in [-0.1, -0.05) is 48.5 Å². The van der Waals surface area contributed by atoms with E-state index < -0.39 is 0 Å². The van der Waals surface area contributed by atoms with E-state index in [-0.39, 0.29) is 11.8 Å². The van der Waals surface area contributed by atoms with E-state index in [2.05, 4.69) is 38.7 Å². The molecule has 2 heterocycles. The lowest BCUT2D eigenvalue weighted by Gasteiger charge is -2.32. The van der Waals surface area contributed by atoms with Gasteiger partial charge in [-0.2, -0.15) is 0 Å². The molecule has 180 valence electrons. The highest BCUT2D eigenvalue weighted by Gasteiger charge is 2.22. The molecule has 4 aromatic rings. The second-order valence-electron chi connectivity index (χ2n) is 8.99. The molecule has 2 amide bonds. The molecule has 3 aromatic carbocycles. The molecule has 1 aliphatic rings. The molecular formula is C30H28N4O2. The fraction of sp³-hybridized carbons (Fsp3) is 0.167. The highest BCUT2D eigenvalue weighted by atomic mass is 16.2. The van der Waals surface area contributed by atoms with E-state index in [4.69, 9.17) is 0 Å². The summed E-state index contributed by atoms with van der Waals surface area (Å²) < 4.78 is 0. The molecule has 1 aromatic heterocycles. The van der Waals surface area contributed by atoms with Gasteiger partial charge in [-0.3, -0.25) is 14.6 Å². The number of rotatable bonds is 6. The number of aromatic nitrogens is 1. The normalized spacial score (nSPS) is 12.5. The molecule has 5 rings (SSSR count). The first-order valence-corrected chi connectivity index (χ1v) is 12.1. The fourth-order valence-electron chi connectivity index (χ4n) is 4.58. The van der Waals surface area contributed by atoms with Gasteiger partial charge in [0.15, 0.2) is 0 Å². The van der Waals surface area contributed by atoms with Gasteiger partial charge in [0, 0.05) is 49.0 Å². The van der Waals surface area contributed by atoms with Gasteiger partial charge in [0.2, 0.25) is 0 Å². The predicted molar refractivity (Wildman–Crippen MR) is 142 cm³/mol. The van der Waals surface area contributed by atoms with Crippen LogP contribution in [-0.4, -0.2) is 23.3 Å². The molecule has 6 heteroatoms. The molecule has 36 heavy (non-hydrogen) atoms. The lowest BCUT2D eigenvalue weighted by molar-refractivity contribution is 0.0950. The van der Waals surface area contributed by atoms with E-state index in [1.165, 1.54) is 11.1 Å². The zero-order valence-corrected chi connectivity index (χ0v) is 20.2. The van der Waals surface area contributed by atoms with E-state index in [0.29, 0.717) is 23.4 Å². The van der Waals surface area contributed by atoms with Gasteiger partial charge in [-0.05, 0) is 65.9 Å². The number of hydrogen-bond acceptors (Lipinski definition) is 4. The standard InChI is InChI=1S/C30H28N4O2/c1-21-7-2-5-11-26(21)30(36)33-25-12-13-28(34-16-14-23-9-3-4-10-24(23)20-34)27(17-25)29(35)32-19-22-8-6-15-31-18-22/h2-13,15,17-18H,14,16,19-20H2,1H3,(H,32,35)(H,33,36). The van der Waals surface area contributed by atoms with Crippen molar-refractivity contribution < 1.29 is 9.59 Å². The van der Waals surface area contributed by atoms with Crippen LogP contribution in [0.5, 0.6) is 0 Å². The minimum Gasteiger partial charge on any atom is -0.366 e. The summed E-state index contributed by atoms with van der Waals surface area (Å²) in [7, 11) is 0. The maximum atomic E-state index is 13.4. The molecule has 6 nitrogen and oxygen atoms in total. The van der Waals surface area contributed by atoms with Gasteiger partial charge in [0.25, 0.3) is 11.8 Å². The number of aryl methyl sites for hydroxylation is 1. The Morgan fingerprint density at radius 1 is 0.889 bits per heavy atom. The Hall–Kier alpha value is -4.45. The van der Waals surface area contributed by atoms with Gasteiger partial charge in [0.05, 0.1) is 5.56 Å². The molecule has 2 N–H and O–H groups in total. The molecule has 0 radical (unpaired) electrons. The first-order valence-electron chi connectivity index (χ1n) is 12.1. The number of pyridine rings is 1. The van der Waals surface area contributed by atoms with Crippen LogP contribution in [0.3, 0.4) is 0 Å². The molecule has 0 fully saturated rings. The third-order valence-electron chi connectivity index (χ3n) is 6.54. The van der Waals surface area contributed by atoms with Crippen molar-refractivity contribution in [2.75, 3.05) is 16.8 Å². The Balaban J connectivity index is 1.43. The zero-order chi connectivity index (χ0) is 24.9. The van der Waals surface area contributed by atoms with Crippen molar-refractivity contribution in [3.05, 3.63) is 125 Å². The minimum absolute atomic E-state index is 0.195. The number of carbonyl (C=O) groups excluding carboxylic acids is 2. The number of hydrogen-bond donors (Lipinski definition) is 2. The third-order valence-corrected chi connectivity index (χ3v) is 6.54. The number of anilines is 2. The number of benzene rings is 3. The number of nitrogens with one attached hydrogen (secondary N) is 2. The summed E-state index contributed by atoms with van der Waals surface area (Å²) >= 11 is 0.